The minimum Gasteiger partial charge on any atom is -0.493 e. The van der Waals surface area contributed by atoms with Crippen LogP contribution in [0.1, 0.15) is 23.2 Å². The standard InChI is InChI=1S/C13H16FNO4/c1-15(2)12(16)4-3-7-19-11-6-5-9(14)8-10(11)13(17)18/h5-6,8H,3-4,7H2,1-2H3,(H,17,18). The largest absolute Gasteiger partial charge is 0.493 e. The van der Waals surface area contributed by atoms with E-state index in [0.717, 1.165) is 12.1 Å². The van der Waals surface area contributed by atoms with Crippen LogP contribution in [-0.2, 0) is 4.79 Å². The molecule has 0 aliphatic rings. The first-order valence-corrected chi connectivity index (χ1v) is 5.77. The minimum absolute atomic E-state index is 0.0267. The Morgan fingerprint density at radius 2 is 2.05 bits per heavy atom. The van der Waals surface area contributed by atoms with Gasteiger partial charge >= 0.3 is 5.97 Å². The molecular formula is C13H16FNO4. The number of amides is 1. The number of rotatable bonds is 6. The molecule has 104 valence electrons. The van der Waals surface area contributed by atoms with E-state index in [1.54, 1.807) is 14.1 Å². The molecule has 0 radical (unpaired) electrons. The zero-order valence-corrected chi connectivity index (χ0v) is 10.9. The van der Waals surface area contributed by atoms with Crippen LogP contribution in [0.5, 0.6) is 5.75 Å². The molecule has 0 unspecified atom stereocenters. The van der Waals surface area contributed by atoms with Crippen LogP contribution in [-0.4, -0.2) is 42.6 Å². The first-order chi connectivity index (χ1) is 8.91. The lowest BCUT2D eigenvalue weighted by atomic mass is 10.2. The van der Waals surface area contributed by atoms with Crippen molar-refractivity contribution in [2.24, 2.45) is 0 Å². The summed E-state index contributed by atoms with van der Waals surface area (Å²) in [5.74, 6) is -1.81. The number of hydrogen-bond acceptors (Lipinski definition) is 3. The summed E-state index contributed by atoms with van der Waals surface area (Å²) in [6.45, 7) is 0.200. The zero-order valence-electron chi connectivity index (χ0n) is 10.9. The Labute approximate surface area is 110 Å². The van der Waals surface area contributed by atoms with Crippen molar-refractivity contribution in [1.29, 1.82) is 0 Å². The average molecular weight is 269 g/mol. The summed E-state index contributed by atoms with van der Waals surface area (Å²) < 4.78 is 18.2. The van der Waals surface area contributed by atoms with Crippen LogP contribution in [0.25, 0.3) is 0 Å². The van der Waals surface area contributed by atoms with Gasteiger partial charge in [0.25, 0.3) is 0 Å². The molecule has 0 saturated carbocycles. The SMILES string of the molecule is CN(C)C(=O)CCCOc1ccc(F)cc1C(=O)O. The first kappa shape index (κ1) is 14.9. The lowest BCUT2D eigenvalue weighted by Gasteiger charge is -2.11. The van der Waals surface area contributed by atoms with E-state index >= 15 is 0 Å². The van der Waals surface area contributed by atoms with Crippen molar-refractivity contribution < 1.29 is 23.8 Å². The first-order valence-electron chi connectivity index (χ1n) is 5.77. The highest BCUT2D eigenvalue weighted by Gasteiger charge is 2.12. The summed E-state index contributed by atoms with van der Waals surface area (Å²) in [4.78, 5) is 23.7. The van der Waals surface area contributed by atoms with Crippen molar-refractivity contribution in [1.82, 2.24) is 4.90 Å². The van der Waals surface area contributed by atoms with Gasteiger partial charge in [0.2, 0.25) is 5.91 Å². The molecule has 1 rings (SSSR count). The number of ether oxygens (including phenoxy) is 1. The van der Waals surface area contributed by atoms with Gasteiger partial charge < -0.3 is 14.7 Å². The fourth-order valence-corrected chi connectivity index (χ4v) is 1.42. The maximum atomic E-state index is 12.9. The molecule has 0 bridgehead atoms. The summed E-state index contributed by atoms with van der Waals surface area (Å²) in [5, 5.41) is 8.90. The maximum absolute atomic E-state index is 12.9. The molecule has 0 aromatic heterocycles. The molecule has 0 heterocycles. The second kappa shape index (κ2) is 6.72. The van der Waals surface area contributed by atoms with Crippen LogP contribution in [0.15, 0.2) is 18.2 Å². The van der Waals surface area contributed by atoms with E-state index in [4.69, 9.17) is 9.84 Å². The van der Waals surface area contributed by atoms with Gasteiger partial charge in [-0.2, -0.15) is 0 Å². The highest BCUT2D eigenvalue weighted by Crippen LogP contribution is 2.20. The number of carbonyl (C=O) groups is 2. The van der Waals surface area contributed by atoms with Gasteiger partial charge in [0.15, 0.2) is 0 Å². The van der Waals surface area contributed by atoms with Gasteiger partial charge in [0.05, 0.1) is 6.61 Å². The van der Waals surface area contributed by atoms with Crippen LogP contribution >= 0.6 is 0 Å². The summed E-state index contributed by atoms with van der Waals surface area (Å²) in [7, 11) is 3.32. The number of nitrogens with zero attached hydrogens (tertiary/aromatic N) is 1. The maximum Gasteiger partial charge on any atom is 0.339 e. The van der Waals surface area contributed by atoms with Gasteiger partial charge in [-0.15, -0.1) is 0 Å². The Balaban J connectivity index is 2.54. The molecule has 0 saturated heterocycles. The molecule has 5 nitrogen and oxygen atoms in total. The van der Waals surface area contributed by atoms with E-state index in [-0.39, 0.29) is 23.8 Å². The predicted molar refractivity (Wildman–Crippen MR) is 66.8 cm³/mol. The quantitative estimate of drug-likeness (QED) is 0.799. The molecule has 6 heteroatoms. The third-order valence-electron chi connectivity index (χ3n) is 2.46. The van der Waals surface area contributed by atoms with Crippen LogP contribution in [0, 0.1) is 5.82 Å². The number of hydrogen-bond donors (Lipinski definition) is 1. The van der Waals surface area contributed by atoms with Crippen molar-refractivity contribution in [3.63, 3.8) is 0 Å². The highest BCUT2D eigenvalue weighted by molar-refractivity contribution is 5.90. The van der Waals surface area contributed by atoms with Crippen molar-refractivity contribution >= 4 is 11.9 Å². The van der Waals surface area contributed by atoms with E-state index in [1.165, 1.54) is 11.0 Å². The Morgan fingerprint density at radius 1 is 1.37 bits per heavy atom. The summed E-state index contributed by atoms with van der Waals surface area (Å²) >= 11 is 0. The van der Waals surface area contributed by atoms with E-state index in [2.05, 4.69) is 0 Å². The monoisotopic (exact) mass is 269 g/mol. The Hall–Kier alpha value is -2.11. The molecule has 0 aliphatic heterocycles. The van der Waals surface area contributed by atoms with Crippen LogP contribution in [0.2, 0.25) is 0 Å². The third-order valence-corrected chi connectivity index (χ3v) is 2.46. The van der Waals surface area contributed by atoms with Crippen LogP contribution in [0.3, 0.4) is 0 Å². The van der Waals surface area contributed by atoms with Gasteiger partial charge in [-0.1, -0.05) is 0 Å². The van der Waals surface area contributed by atoms with E-state index in [0.29, 0.717) is 12.8 Å². The molecule has 1 aromatic rings. The second-order valence-electron chi connectivity index (χ2n) is 4.19. The molecule has 1 aromatic carbocycles. The molecule has 0 fully saturated rings. The van der Waals surface area contributed by atoms with Gasteiger partial charge in [-0.3, -0.25) is 4.79 Å². The van der Waals surface area contributed by atoms with Crippen molar-refractivity contribution in [3.05, 3.63) is 29.6 Å². The smallest absolute Gasteiger partial charge is 0.339 e. The fraction of sp³-hybridized carbons (Fsp3) is 0.385. The van der Waals surface area contributed by atoms with Gasteiger partial charge in [0.1, 0.15) is 17.1 Å². The Morgan fingerprint density at radius 3 is 2.63 bits per heavy atom. The third kappa shape index (κ3) is 4.57. The Bertz CT molecular complexity index is 474. The molecule has 1 amide bonds. The predicted octanol–water partition coefficient (Wildman–Crippen LogP) is 1.77. The lowest BCUT2D eigenvalue weighted by molar-refractivity contribution is -0.128. The molecule has 0 atom stereocenters. The molecular weight excluding hydrogens is 253 g/mol. The molecule has 0 spiro atoms. The number of carboxylic acids is 1. The molecule has 0 aliphatic carbocycles. The van der Waals surface area contributed by atoms with Crippen LogP contribution in [0.4, 0.5) is 4.39 Å². The van der Waals surface area contributed by atoms with E-state index in [1.807, 2.05) is 0 Å². The average Bonchev–Trinajstić information content (AvgIpc) is 2.35. The van der Waals surface area contributed by atoms with Gasteiger partial charge in [-0.05, 0) is 24.6 Å². The lowest BCUT2D eigenvalue weighted by Crippen LogP contribution is -2.21. The summed E-state index contributed by atoms with van der Waals surface area (Å²) in [5.41, 5.74) is -0.223. The number of carboxylic acid groups (broad SMARTS) is 1. The molecule has 1 N–H and O–H groups in total. The second-order valence-corrected chi connectivity index (χ2v) is 4.19. The van der Waals surface area contributed by atoms with E-state index < -0.39 is 11.8 Å². The number of carbonyl (C=O) groups excluding carboxylic acids is 1. The summed E-state index contributed by atoms with van der Waals surface area (Å²) in [6, 6.07) is 3.31. The van der Waals surface area contributed by atoms with Crippen molar-refractivity contribution in [2.45, 2.75) is 12.8 Å². The van der Waals surface area contributed by atoms with Gasteiger partial charge in [0, 0.05) is 20.5 Å². The minimum atomic E-state index is -1.25. The molecule has 19 heavy (non-hydrogen) atoms. The zero-order chi connectivity index (χ0) is 14.4. The number of halogens is 1. The van der Waals surface area contributed by atoms with Crippen molar-refractivity contribution in [2.75, 3.05) is 20.7 Å². The van der Waals surface area contributed by atoms with E-state index in [9.17, 15) is 14.0 Å². The summed E-state index contributed by atoms with van der Waals surface area (Å²) in [6.07, 6.45) is 0.782. The number of aromatic carboxylic acids is 1. The van der Waals surface area contributed by atoms with Crippen LogP contribution < -0.4 is 4.74 Å². The van der Waals surface area contributed by atoms with Crippen molar-refractivity contribution in [3.8, 4) is 5.75 Å². The number of benzene rings is 1. The van der Waals surface area contributed by atoms with Gasteiger partial charge in [-0.25, -0.2) is 9.18 Å². The Kier molecular flexibility index (Phi) is 5.29. The topological polar surface area (TPSA) is 66.8 Å². The fourth-order valence-electron chi connectivity index (χ4n) is 1.42. The normalized spacial score (nSPS) is 10.1. The highest BCUT2D eigenvalue weighted by atomic mass is 19.1.